The molecule has 3 rings (SSSR count). The van der Waals surface area contributed by atoms with Crippen LogP contribution in [0.1, 0.15) is 29.3 Å². The molecule has 0 radical (unpaired) electrons. The zero-order valence-electron chi connectivity index (χ0n) is 16.6. The van der Waals surface area contributed by atoms with Crippen LogP contribution in [0, 0.1) is 30.9 Å². The van der Waals surface area contributed by atoms with E-state index in [0.717, 1.165) is 16.8 Å². The molecule has 8 heteroatoms. The Morgan fingerprint density at radius 2 is 1.90 bits per heavy atom. The maximum absolute atomic E-state index is 12.3. The number of rotatable bonds is 6. The number of nitro benzene ring substituents is 1. The Kier molecular flexibility index (Phi) is 5.93. The van der Waals surface area contributed by atoms with Crippen molar-refractivity contribution in [2.45, 2.75) is 34.3 Å². The van der Waals surface area contributed by atoms with Gasteiger partial charge in [-0.3, -0.25) is 19.8 Å². The van der Waals surface area contributed by atoms with Crippen LogP contribution in [-0.4, -0.2) is 15.8 Å². The van der Waals surface area contributed by atoms with Gasteiger partial charge in [-0.05, 0) is 56.2 Å². The van der Waals surface area contributed by atoms with Gasteiger partial charge >= 0.3 is 0 Å². The third kappa shape index (κ3) is 4.60. The van der Waals surface area contributed by atoms with Gasteiger partial charge in [0.15, 0.2) is 5.13 Å². The standard InChI is InChI=1S/C21H21N3O4S/c1-13-5-6-18(9-14(13)2)23(16(4)25)21-22-17(12-29-21)11-28-19-7-8-20(24(26)27)15(3)10-19/h5-10,12H,11H2,1-4H3. The highest BCUT2D eigenvalue weighted by atomic mass is 32.1. The molecule has 0 fully saturated rings. The van der Waals surface area contributed by atoms with Crippen molar-refractivity contribution in [3.05, 3.63) is 74.3 Å². The summed E-state index contributed by atoms with van der Waals surface area (Å²) in [5, 5.41) is 13.3. The summed E-state index contributed by atoms with van der Waals surface area (Å²) in [7, 11) is 0. The minimum absolute atomic E-state index is 0.0544. The summed E-state index contributed by atoms with van der Waals surface area (Å²) in [5.41, 5.74) is 4.29. The normalized spacial score (nSPS) is 10.6. The van der Waals surface area contributed by atoms with E-state index in [9.17, 15) is 14.9 Å². The largest absolute Gasteiger partial charge is 0.487 e. The Hall–Kier alpha value is -3.26. The maximum atomic E-state index is 12.3. The number of aryl methyl sites for hydroxylation is 3. The van der Waals surface area contributed by atoms with Crippen molar-refractivity contribution in [1.82, 2.24) is 4.98 Å². The Balaban J connectivity index is 1.76. The topological polar surface area (TPSA) is 85.6 Å². The lowest BCUT2D eigenvalue weighted by Crippen LogP contribution is -2.22. The smallest absolute Gasteiger partial charge is 0.272 e. The molecule has 0 spiro atoms. The first-order chi connectivity index (χ1) is 13.8. The SMILES string of the molecule is CC(=O)N(c1ccc(C)c(C)c1)c1nc(COc2ccc([N+](=O)[O-])c(C)c2)cs1. The molecule has 0 bridgehead atoms. The van der Waals surface area contributed by atoms with Gasteiger partial charge in [0.25, 0.3) is 5.69 Å². The van der Waals surface area contributed by atoms with Gasteiger partial charge in [-0.25, -0.2) is 4.98 Å². The number of ether oxygens (including phenoxy) is 1. The Morgan fingerprint density at radius 3 is 2.52 bits per heavy atom. The molecule has 0 atom stereocenters. The first-order valence-electron chi connectivity index (χ1n) is 8.96. The van der Waals surface area contributed by atoms with Crippen molar-refractivity contribution in [2.24, 2.45) is 0 Å². The van der Waals surface area contributed by atoms with Crippen LogP contribution in [-0.2, 0) is 11.4 Å². The maximum Gasteiger partial charge on any atom is 0.272 e. The molecule has 0 unspecified atom stereocenters. The highest BCUT2D eigenvalue weighted by Gasteiger charge is 2.19. The second-order valence-electron chi connectivity index (χ2n) is 6.74. The number of nitrogens with zero attached hydrogens (tertiary/aromatic N) is 3. The van der Waals surface area contributed by atoms with E-state index < -0.39 is 4.92 Å². The van der Waals surface area contributed by atoms with Gasteiger partial charge in [0, 0.05) is 23.9 Å². The number of carbonyl (C=O) groups excluding carboxylic acids is 1. The van der Waals surface area contributed by atoms with Crippen LogP contribution < -0.4 is 9.64 Å². The molecule has 1 heterocycles. The summed E-state index contributed by atoms with van der Waals surface area (Å²) in [5.74, 6) is 0.404. The quantitative estimate of drug-likeness (QED) is 0.409. The number of anilines is 2. The van der Waals surface area contributed by atoms with Crippen LogP contribution in [0.5, 0.6) is 5.75 Å². The van der Waals surface area contributed by atoms with Crippen molar-refractivity contribution in [3.63, 3.8) is 0 Å². The molecule has 2 aromatic carbocycles. The highest BCUT2D eigenvalue weighted by molar-refractivity contribution is 7.14. The Bertz CT molecular complexity index is 1080. The van der Waals surface area contributed by atoms with E-state index in [1.165, 1.54) is 24.3 Å². The van der Waals surface area contributed by atoms with E-state index in [1.54, 1.807) is 24.0 Å². The second kappa shape index (κ2) is 8.40. The Labute approximate surface area is 172 Å². The van der Waals surface area contributed by atoms with Gasteiger partial charge in [0.1, 0.15) is 12.4 Å². The predicted molar refractivity (Wildman–Crippen MR) is 113 cm³/mol. The van der Waals surface area contributed by atoms with E-state index in [0.29, 0.717) is 22.1 Å². The molecule has 1 aromatic heterocycles. The van der Waals surface area contributed by atoms with Crippen molar-refractivity contribution >= 4 is 33.8 Å². The summed E-state index contributed by atoms with van der Waals surface area (Å²) in [6.07, 6.45) is 0. The number of benzene rings is 2. The molecule has 0 aliphatic rings. The number of carbonyl (C=O) groups is 1. The molecule has 0 aliphatic heterocycles. The van der Waals surface area contributed by atoms with Crippen LogP contribution in [0.3, 0.4) is 0 Å². The van der Waals surface area contributed by atoms with Crippen molar-refractivity contribution in [1.29, 1.82) is 0 Å². The zero-order chi connectivity index (χ0) is 21.1. The van der Waals surface area contributed by atoms with E-state index in [2.05, 4.69) is 4.98 Å². The summed E-state index contributed by atoms with van der Waals surface area (Å²) in [6, 6.07) is 10.5. The van der Waals surface area contributed by atoms with E-state index in [-0.39, 0.29) is 18.2 Å². The minimum Gasteiger partial charge on any atom is -0.487 e. The third-order valence-electron chi connectivity index (χ3n) is 4.55. The molecule has 0 aliphatic carbocycles. The van der Waals surface area contributed by atoms with Gasteiger partial charge in [-0.15, -0.1) is 11.3 Å². The number of hydrogen-bond acceptors (Lipinski definition) is 6. The molecular formula is C21H21N3O4S. The van der Waals surface area contributed by atoms with Crippen LogP contribution in [0.25, 0.3) is 0 Å². The van der Waals surface area contributed by atoms with Crippen molar-refractivity contribution in [3.8, 4) is 5.75 Å². The first kappa shape index (κ1) is 20.5. The molecule has 7 nitrogen and oxygen atoms in total. The number of amides is 1. The highest BCUT2D eigenvalue weighted by Crippen LogP contribution is 2.31. The fourth-order valence-corrected chi connectivity index (χ4v) is 3.71. The van der Waals surface area contributed by atoms with Crippen LogP contribution in [0.15, 0.2) is 41.8 Å². The van der Waals surface area contributed by atoms with Gasteiger partial charge in [-0.2, -0.15) is 0 Å². The molecule has 150 valence electrons. The minimum atomic E-state index is -0.422. The molecule has 29 heavy (non-hydrogen) atoms. The second-order valence-corrected chi connectivity index (χ2v) is 7.58. The van der Waals surface area contributed by atoms with Crippen LogP contribution in [0.4, 0.5) is 16.5 Å². The van der Waals surface area contributed by atoms with Crippen molar-refractivity contribution in [2.75, 3.05) is 4.90 Å². The molecule has 0 saturated carbocycles. The lowest BCUT2D eigenvalue weighted by Gasteiger charge is -2.19. The third-order valence-corrected chi connectivity index (χ3v) is 5.42. The Morgan fingerprint density at radius 1 is 1.14 bits per heavy atom. The van der Waals surface area contributed by atoms with E-state index in [1.807, 2.05) is 37.4 Å². The van der Waals surface area contributed by atoms with Gasteiger partial charge < -0.3 is 4.74 Å². The molecular weight excluding hydrogens is 390 g/mol. The number of hydrogen-bond donors (Lipinski definition) is 0. The van der Waals surface area contributed by atoms with Crippen LogP contribution in [0.2, 0.25) is 0 Å². The van der Waals surface area contributed by atoms with Gasteiger partial charge in [0.05, 0.1) is 16.3 Å². The average molecular weight is 411 g/mol. The molecule has 0 saturated heterocycles. The molecule has 0 N–H and O–H groups in total. The van der Waals surface area contributed by atoms with Crippen molar-refractivity contribution < 1.29 is 14.5 Å². The van der Waals surface area contributed by atoms with E-state index in [4.69, 9.17) is 4.74 Å². The predicted octanol–water partition coefficient (Wildman–Crippen LogP) is 5.24. The van der Waals surface area contributed by atoms with Gasteiger partial charge in [0.2, 0.25) is 5.91 Å². The summed E-state index contributed by atoms with van der Waals surface area (Å²) in [4.78, 5) is 28.9. The van der Waals surface area contributed by atoms with E-state index >= 15 is 0 Å². The van der Waals surface area contributed by atoms with Gasteiger partial charge in [-0.1, -0.05) is 6.07 Å². The number of thiazole rings is 1. The first-order valence-corrected chi connectivity index (χ1v) is 9.84. The fourth-order valence-electron chi connectivity index (χ4n) is 2.84. The number of aromatic nitrogens is 1. The number of nitro groups is 1. The summed E-state index contributed by atoms with van der Waals surface area (Å²) in [6.45, 7) is 7.40. The zero-order valence-corrected chi connectivity index (χ0v) is 17.4. The molecule has 3 aromatic rings. The summed E-state index contributed by atoms with van der Waals surface area (Å²) < 4.78 is 5.72. The monoisotopic (exact) mass is 411 g/mol. The van der Waals surface area contributed by atoms with Crippen LogP contribution >= 0.6 is 11.3 Å². The lowest BCUT2D eigenvalue weighted by molar-refractivity contribution is -0.385. The fraction of sp³-hybridized carbons (Fsp3) is 0.238. The molecule has 1 amide bonds. The average Bonchev–Trinajstić information content (AvgIpc) is 3.11. The summed E-state index contributed by atoms with van der Waals surface area (Å²) >= 11 is 1.36. The lowest BCUT2D eigenvalue weighted by atomic mass is 10.1.